The molecule has 0 aromatic carbocycles. The number of hydrogen-bond acceptors (Lipinski definition) is 3. The second-order valence-electron chi connectivity index (χ2n) is 7.14. The molecular formula is C17H30N2O2. The molecule has 1 saturated heterocycles. The van der Waals surface area contributed by atoms with Gasteiger partial charge in [0.2, 0.25) is 0 Å². The van der Waals surface area contributed by atoms with E-state index in [2.05, 4.69) is 5.32 Å². The molecule has 3 aliphatic rings. The topological polar surface area (TPSA) is 41.6 Å². The van der Waals surface area contributed by atoms with Crippen molar-refractivity contribution in [3.8, 4) is 0 Å². The maximum absolute atomic E-state index is 11.7. The highest BCUT2D eigenvalue weighted by atomic mass is 16.6. The van der Waals surface area contributed by atoms with E-state index in [1.165, 1.54) is 44.9 Å². The summed E-state index contributed by atoms with van der Waals surface area (Å²) in [6.07, 6.45) is 12.0. The van der Waals surface area contributed by atoms with Gasteiger partial charge in [0.25, 0.3) is 0 Å². The number of rotatable bonds is 3. The van der Waals surface area contributed by atoms with Crippen LogP contribution in [0.15, 0.2) is 0 Å². The van der Waals surface area contributed by atoms with Crippen LogP contribution in [-0.2, 0) is 4.74 Å². The molecule has 1 unspecified atom stereocenters. The Kier molecular flexibility index (Phi) is 4.72. The van der Waals surface area contributed by atoms with Gasteiger partial charge in [0.15, 0.2) is 0 Å². The zero-order chi connectivity index (χ0) is 14.7. The molecule has 21 heavy (non-hydrogen) atoms. The van der Waals surface area contributed by atoms with E-state index in [0.29, 0.717) is 18.1 Å². The molecule has 1 aliphatic heterocycles. The lowest BCUT2D eigenvalue weighted by Crippen LogP contribution is -2.58. The van der Waals surface area contributed by atoms with Gasteiger partial charge in [-0.15, -0.1) is 0 Å². The van der Waals surface area contributed by atoms with Crippen LogP contribution >= 0.6 is 0 Å². The Morgan fingerprint density at radius 2 is 1.86 bits per heavy atom. The number of likely N-dealkylation sites (tertiary alicyclic amines) is 1. The molecule has 2 saturated carbocycles. The quantitative estimate of drug-likeness (QED) is 0.868. The normalized spacial score (nSPS) is 29.2. The molecule has 1 spiro atoms. The number of piperidine rings is 1. The average Bonchev–Trinajstić information content (AvgIpc) is 2.53. The summed E-state index contributed by atoms with van der Waals surface area (Å²) in [6.45, 7) is 4.03. The SMILES string of the molecule is CCOC(=O)N1CCC(NC2CCC23CCCCC3)CC1. The number of nitrogens with one attached hydrogen (secondary N) is 1. The molecule has 2 aliphatic carbocycles. The van der Waals surface area contributed by atoms with Crippen LogP contribution in [0, 0.1) is 5.41 Å². The number of amides is 1. The molecule has 1 atom stereocenters. The fourth-order valence-corrected chi connectivity index (χ4v) is 4.54. The monoisotopic (exact) mass is 294 g/mol. The molecule has 0 bridgehead atoms. The molecule has 1 heterocycles. The standard InChI is InChI=1S/C17H30N2O2/c1-2-21-16(20)19-12-7-14(8-13-19)18-15-6-11-17(15)9-4-3-5-10-17/h14-15,18H,2-13H2,1H3. The van der Waals surface area contributed by atoms with E-state index in [-0.39, 0.29) is 6.09 Å². The highest BCUT2D eigenvalue weighted by molar-refractivity contribution is 5.67. The zero-order valence-corrected chi connectivity index (χ0v) is 13.4. The molecule has 1 amide bonds. The van der Waals surface area contributed by atoms with Crippen molar-refractivity contribution in [2.75, 3.05) is 19.7 Å². The Bertz CT molecular complexity index is 358. The van der Waals surface area contributed by atoms with E-state index in [4.69, 9.17) is 4.74 Å². The molecule has 0 aromatic rings. The van der Waals surface area contributed by atoms with Gasteiger partial charge in [-0.25, -0.2) is 4.79 Å². The largest absolute Gasteiger partial charge is 0.450 e. The molecule has 1 N–H and O–H groups in total. The molecule has 120 valence electrons. The fraction of sp³-hybridized carbons (Fsp3) is 0.941. The van der Waals surface area contributed by atoms with Gasteiger partial charge in [0.05, 0.1) is 6.61 Å². The third-order valence-electron chi connectivity index (χ3n) is 5.98. The maximum Gasteiger partial charge on any atom is 0.409 e. The lowest BCUT2D eigenvalue weighted by Gasteiger charge is -2.54. The third kappa shape index (κ3) is 3.20. The molecule has 3 fully saturated rings. The average molecular weight is 294 g/mol. The Morgan fingerprint density at radius 3 is 2.43 bits per heavy atom. The summed E-state index contributed by atoms with van der Waals surface area (Å²) >= 11 is 0. The molecule has 4 heteroatoms. The third-order valence-corrected chi connectivity index (χ3v) is 5.98. The molecule has 0 aromatic heterocycles. The smallest absolute Gasteiger partial charge is 0.409 e. The van der Waals surface area contributed by atoms with Crippen molar-refractivity contribution in [1.82, 2.24) is 10.2 Å². The summed E-state index contributed by atoms with van der Waals surface area (Å²) in [6, 6.07) is 1.34. The van der Waals surface area contributed by atoms with Crippen molar-refractivity contribution >= 4 is 6.09 Å². The van der Waals surface area contributed by atoms with E-state index >= 15 is 0 Å². The minimum absolute atomic E-state index is 0.136. The first kappa shape index (κ1) is 15.1. The van der Waals surface area contributed by atoms with Crippen molar-refractivity contribution < 1.29 is 9.53 Å². The second-order valence-corrected chi connectivity index (χ2v) is 7.14. The summed E-state index contributed by atoms with van der Waals surface area (Å²) in [5.41, 5.74) is 0.635. The molecular weight excluding hydrogens is 264 g/mol. The van der Waals surface area contributed by atoms with Crippen LogP contribution in [0.3, 0.4) is 0 Å². The van der Waals surface area contributed by atoms with E-state index in [1.54, 1.807) is 0 Å². The molecule has 3 rings (SSSR count). The van der Waals surface area contributed by atoms with Crippen LogP contribution in [-0.4, -0.2) is 42.8 Å². The van der Waals surface area contributed by atoms with E-state index < -0.39 is 0 Å². The van der Waals surface area contributed by atoms with E-state index in [0.717, 1.165) is 32.0 Å². The number of carbonyl (C=O) groups excluding carboxylic acids is 1. The van der Waals surface area contributed by atoms with Crippen LogP contribution in [0.25, 0.3) is 0 Å². The maximum atomic E-state index is 11.7. The summed E-state index contributed by atoms with van der Waals surface area (Å²) in [5.74, 6) is 0. The Morgan fingerprint density at radius 1 is 1.14 bits per heavy atom. The van der Waals surface area contributed by atoms with Gasteiger partial charge >= 0.3 is 6.09 Å². The highest BCUT2D eigenvalue weighted by Gasteiger charge is 2.47. The van der Waals surface area contributed by atoms with Crippen molar-refractivity contribution in [3.63, 3.8) is 0 Å². The number of hydrogen-bond donors (Lipinski definition) is 1. The van der Waals surface area contributed by atoms with E-state index in [1.807, 2.05) is 11.8 Å². The van der Waals surface area contributed by atoms with Crippen LogP contribution in [0.1, 0.15) is 64.7 Å². The molecule has 0 radical (unpaired) electrons. The number of ether oxygens (including phenoxy) is 1. The minimum Gasteiger partial charge on any atom is -0.450 e. The number of carbonyl (C=O) groups is 1. The van der Waals surface area contributed by atoms with Crippen molar-refractivity contribution in [1.29, 1.82) is 0 Å². The summed E-state index contributed by atoms with van der Waals surface area (Å²) in [7, 11) is 0. The van der Waals surface area contributed by atoms with Gasteiger partial charge in [-0.2, -0.15) is 0 Å². The number of nitrogens with zero attached hydrogens (tertiary/aromatic N) is 1. The second kappa shape index (κ2) is 6.55. The van der Waals surface area contributed by atoms with Gasteiger partial charge in [0, 0.05) is 25.2 Å². The molecule has 4 nitrogen and oxygen atoms in total. The van der Waals surface area contributed by atoms with Gasteiger partial charge < -0.3 is 15.0 Å². The van der Waals surface area contributed by atoms with Crippen LogP contribution in [0.5, 0.6) is 0 Å². The Hall–Kier alpha value is -0.770. The highest BCUT2D eigenvalue weighted by Crippen LogP contribution is 2.51. The summed E-state index contributed by atoms with van der Waals surface area (Å²) < 4.78 is 5.09. The summed E-state index contributed by atoms with van der Waals surface area (Å²) in [4.78, 5) is 13.6. The Balaban J connectivity index is 1.44. The first-order valence-electron chi connectivity index (χ1n) is 8.91. The first-order chi connectivity index (χ1) is 10.2. The van der Waals surface area contributed by atoms with Gasteiger partial charge in [0.1, 0.15) is 0 Å². The lowest BCUT2D eigenvalue weighted by atomic mass is 9.57. The lowest BCUT2D eigenvalue weighted by molar-refractivity contribution is 0.0105. The minimum atomic E-state index is -0.136. The van der Waals surface area contributed by atoms with Gasteiger partial charge in [-0.1, -0.05) is 19.3 Å². The summed E-state index contributed by atoms with van der Waals surface area (Å²) in [5, 5.41) is 3.93. The predicted molar refractivity (Wildman–Crippen MR) is 83.3 cm³/mol. The van der Waals surface area contributed by atoms with Crippen LogP contribution in [0.2, 0.25) is 0 Å². The fourth-order valence-electron chi connectivity index (χ4n) is 4.54. The zero-order valence-electron chi connectivity index (χ0n) is 13.4. The van der Waals surface area contributed by atoms with Gasteiger partial charge in [-0.05, 0) is 50.9 Å². The van der Waals surface area contributed by atoms with Crippen molar-refractivity contribution in [2.45, 2.75) is 76.8 Å². The van der Waals surface area contributed by atoms with E-state index in [9.17, 15) is 4.79 Å². The predicted octanol–water partition coefficient (Wildman–Crippen LogP) is 3.31. The van der Waals surface area contributed by atoms with Crippen LogP contribution in [0.4, 0.5) is 4.79 Å². The Labute approximate surface area is 128 Å². The van der Waals surface area contributed by atoms with Crippen LogP contribution < -0.4 is 5.32 Å². The van der Waals surface area contributed by atoms with Crippen molar-refractivity contribution in [2.24, 2.45) is 5.41 Å². The first-order valence-corrected chi connectivity index (χ1v) is 8.91. The van der Waals surface area contributed by atoms with Gasteiger partial charge in [-0.3, -0.25) is 0 Å². The van der Waals surface area contributed by atoms with Crippen molar-refractivity contribution in [3.05, 3.63) is 0 Å².